The maximum Gasteiger partial charge on any atom is 0.330 e. The fourth-order valence-electron chi connectivity index (χ4n) is 2.30. The summed E-state index contributed by atoms with van der Waals surface area (Å²) in [7, 11) is 0. The molecule has 0 bridgehead atoms. The Kier molecular flexibility index (Phi) is 3.65. The molecule has 1 saturated heterocycles. The molecular weight excluding hydrogens is 240 g/mol. The van der Waals surface area contributed by atoms with Crippen LogP contribution in [0.15, 0.2) is 21.9 Å². The van der Waals surface area contributed by atoms with E-state index in [0.29, 0.717) is 6.42 Å². The fraction of sp³-hybridized carbons (Fsp3) is 0.636. The van der Waals surface area contributed by atoms with E-state index in [-0.39, 0.29) is 12.5 Å². The predicted molar refractivity (Wildman–Crippen MR) is 62.1 cm³/mol. The minimum atomic E-state index is -0.830. The average molecular weight is 256 g/mol. The van der Waals surface area contributed by atoms with E-state index in [1.54, 1.807) is 0 Å². The Bertz CT molecular complexity index is 523. The number of aliphatic hydroxyl groups is 2. The van der Waals surface area contributed by atoms with Crippen LogP contribution in [0.2, 0.25) is 0 Å². The number of rotatable bonds is 3. The lowest BCUT2D eigenvalue weighted by molar-refractivity contribution is -0.0482. The second-order valence-corrected chi connectivity index (χ2v) is 4.33. The van der Waals surface area contributed by atoms with Gasteiger partial charge in [-0.05, 0) is 6.42 Å². The van der Waals surface area contributed by atoms with Crippen LogP contribution < -0.4 is 11.2 Å². The van der Waals surface area contributed by atoms with E-state index >= 15 is 0 Å². The zero-order valence-electron chi connectivity index (χ0n) is 9.94. The monoisotopic (exact) mass is 256 g/mol. The summed E-state index contributed by atoms with van der Waals surface area (Å²) in [6, 6.07) is 1.22. The summed E-state index contributed by atoms with van der Waals surface area (Å²) in [5.74, 6) is -0.300. The molecule has 1 aliphatic rings. The molecule has 7 nitrogen and oxygen atoms in total. The lowest BCUT2D eigenvalue weighted by atomic mass is 9.97. The summed E-state index contributed by atoms with van der Waals surface area (Å²) in [4.78, 5) is 24.8. The molecule has 0 unspecified atom stereocenters. The van der Waals surface area contributed by atoms with E-state index in [0.717, 1.165) is 0 Å². The molecule has 1 fully saturated rings. The molecule has 2 rings (SSSR count). The van der Waals surface area contributed by atoms with Crippen molar-refractivity contribution in [3.8, 4) is 0 Å². The predicted octanol–water partition coefficient (Wildman–Crippen LogP) is -1.19. The van der Waals surface area contributed by atoms with E-state index in [4.69, 9.17) is 9.84 Å². The van der Waals surface area contributed by atoms with Crippen LogP contribution in [0.4, 0.5) is 0 Å². The van der Waals surface area contributed by atoms with Gasteiger partial charge >= 0.3 is 5.69 Å². The molecule has 4 atom stereocenters. The molecule has 2 heterocycles. The second-order valence-electron chi connectivity index (χ2n) is 4.33. The van der Waals surface area contributed by atoms with Crippen molar-refractivity contribution in [3.05, 3.63) is 33.1 Å². The lowest BCUT2D eigenvalue weighted by Gasteiger charge is -2.19. The fourth-order valence-corrected chi connectivity index (χ4v) is 2.30. The molecule has 0 amide bonds. The standard InChI is InChI=1S/C11H16N2O5/c1-2-6-9(16)7(5-14)18-10(6)13-4-3-8(15)12-11(13)17/h3-4,6-7,9-10,14,16H,2,5H2,1H3,(H,12,15,17)/t6-,7-,9+,10-/m1/s1. The van der Waals surface area contributed by atoms with Crippen molar-refractivity contribution in [2.24, 2.45) is 5.92 Å². The Morgan fingerprint density at radius 1 is 1.50 bits per heavy atom. The topological polar surface area (TPSA) is 105 Å². The Morgan fingerprint density at radius 2 is 2.22 bits per heavy atom. The van der Waals surface area contributed by atoms with E-state index in [2.05, 4.69) is 4.98 Å². The highest BCUT2D eigenvalue weighted by atomic mass is 16.5. The molecule has 0 saturated carbocycles. The first-order valence-corrected chi connectivity index (χ1v) is 5.84. The molecule has 0 aliphatic carbocycles. The summed E-state index contributed by atoms with van der Waals surface area (Å²) in [6.45, 7) is 1.55. The Balaban J connectivity index is 2.38. The van der Waals surface area contributed by atoms with Gasteiger partial charge in [0.05, 0.1) is 12.7 Å². The highest BCUT2D eigenvalue weighted by Crippen LogP contribution is 2.35. The Labute approximate surface area is 103 Å². The molecule has 18 heavy (non-hydrogen) atoms. The van der Waals surface area contributed by atoms with Crippen molar-refractivity contribution in [1.29, 1.82) is 0 Å². The molecule has 1 aliphatic heterocycles. The normalized spacial score (nSPS) is 31.7. The number of nitrogens with zero attached hydrogens (tertiary/aromatic N) is 1. The van der Waals surface area contributed by atoms with Crippen molar-refractivity contribution in [1.82, 2.24) is 9.55 Å². The van der Waals surface area contributed by atoms with Gasteiger partial charge in [-0.3, -0.25) is 14.3 Å². The molecule has 1 aromatic rings. The Morgan fingerprint density at radius 3 is 2.78 bits per heavy atom. The van der Waals surface area contributed by atoms with Gasteiger partial charge in [0, 0.05) is 18.2 Å². The number of aromatic amines is 1. The Hall–Kier alpha value is -1.44. The van der Waals surface area contributed by atoms with Crippen LogP contribution in [-0.4, -0.2) is 38.6 Å². The maximum absolute atomic E-state index is 11.7. The van der Waals surface area contributed by atoms with Crippen LogP contribution in [0, 0.1) is 5.92 Å². The number of ether oxygens (including phenoxy) is 1. The number of aromatic nitrogens is 2. The number of hydrogen-bond acceptors (Lipinski definition) is 5. The quantitative estimate of drug-likeness (QED) is 0.631. The lowest BCUT2D eigenvalue weighted by Crippen LogP contribution is -2.34. The molecule has 7 heteroatoms. The summed E-state index contributed by atoms with van der Waals surface area (Å²) in [6.07, 6.45) is -0.288. The number of H-pyrrole nitrogens is 1. The van der Waals surface area contributed by atoms with Crippen LogP contribution in [0.25, 0.3) is 0 Å². The van der Waals surface area contributed by atoms with E-state index in [9.17, 15) is 14.7 Å². The van der Waals surface area contributed by atoms with Gasteiger partial charge in [0.25, 0.3) is 5.56 Å². The van der Waals surface area contributed by atoms with Gasteiger partial charge in [-0.25, -0.2) is 4.79 Å². The average Bonchev–Trinajstić information content (AvgIpc) is 2.65. The number of aliphatic hydroxyl groups excluding tert-OH is 2. The van der Waals surface area contributed by atoms with Crippen molar-refractivity contribution < 1.29 is 14.9 Å². The summed E-state index contributed by atoms with van der Waals surface area (Å²) < 4.78 is 6.70. The van der Waals surface area contributed by atoms with Gasteiger partial charge in [-0.2, -0.15) is 0 Å². The third-order valence-electron chi connectivity index (χ3n) is 3.28. The van der Waals surface area contributed by atoms with Gasteiger partial charge in [-0.1, -0.05) is 6.92 Å². The minimum Gasteiger partial charge on any atom is -0.394 e. The minimum absolute atomic E-state index is 0.300. The SMILES string of the molecule is CC[C@@H]1[C@H](O)[C@@H](CO)O[C@H]1n1ccc(=O)[nH]c1=O. The van der Waals surface area contributed by atoms with Crippen molar-refractivity contribution >= 4 is 0 Å². The highest BCUT2D eigenvalue weighted by Gasteiger charge is 2.43. The van der Waals surface area contributed by atoms with Crippen LogP contribution in [0.3, 0.4) is 0 Å². The van der Waals surface area contributed by atoms with Crippen LogP contribution in [-0.2, 0) is 4.74 Å². The number of nitrogens with one attached hydrogen (secondary N) is 1. The van der Waals surface area contributed by atoms with Gasteiger partial charge in [0.2, 0.25) is 0 Å². The van der Waals surface area contributed by atoms with Gasteiger partial charge < -0.3 is 14.9 Å². The third-order valence-corrected chi connectivity index (χ3v) is 3.28. The van der Waals surface area contributed by atoms with Crippen LogP contribution >= 0.6 is 0 Å². The van der Waals surface area contributed by atoms with E-state index < -0.39 is 29.7 Å². The number of hydrogen-bond donors (Lipinski definition) is 3. The van der Waals surface area contributed by atoms with Crippen molar-refractivity contribution in [2.45, 2.75) is 31.8 Å². The molecule has 3 N–H and O–H groups in total. The first-order chi connectivity index (χ1) is 8.58. The molecule has 100 valence electrons. The van der Waals surface area contributed by atoms with Gasteiger partial charge in [-0.15, -0.1) is 0 Å². The maximum atomic E-state index is 11.7. The third kappa shape index (κ3) is 2.12. The second kappa shape index (κ2) is 5.05. The van der Waals surface area contributed by atoms with E-state index in [1.165, 1.54) is 16.8 Å². The highest BCUT2D eigenvalue weighted by molar-refractivity contribution is 4.92. The first kappa shape index (κ1) is 13.0. The van der Waals surface area contributed by atoms with Crippen LogP contribution in [0.1, 0.15) is 19.6 Å². The molecule has 0 radical (unpaired) electrons. The van der Waals surface area contributed by atoms with Crippen LogP contribution in [0.5, 0.6) is 0 Å². The first-order valence-electron chi connectivity index (χ1n) is 5.84. The molecular formula is C11H16N2O5. The van der Waals surface area contributed by atoms with Crippen molar-refractivity contribution in [3.63, 3.8) is 0 Å². The molecule has 0 aromatic carbocycles. The summed E-state index contributed by atoms with van der Waals surface area (Å²) in [5, 5.41) is 19.1. The summed E-state index contributed by atoms with van der Waals surface area (Å²) in [5.41, 5.74) is -1.07. The zero-order chi connectivity index (χ0) is 13.3. The molecule has 0 spiro atoms. The van der Waals surface area contributed by atoms with Gasteiger partial charge in [0.1, 0.15) is 12.3 Å². The van der Waals surface area contributed by atoms with Gasteiger partial charge in [0.15, 0.2) is 0 Å². The summed E-state index contributed by atoms with van der Waals surface area (Å²) >= 11 is 0. The largest absolute Gasteiger partial charge is 0.394 e. The smallest absolute Gasteiger partial charge is 0.330 e. The van der Waals surface area contributed by atoms with E-state index in [1.807, 2.05) is 6.92 Å². The van der Waals surface area contributed by atoms with Crippen molar-refractivity contribution in [2.75, 3.05) is 6.61 Å². The zero-order valence-corrected chi connectivity index (χ0v) is 9.94. The molecule has 1 aromatic heterocycles.